The second-order valence-corrected chi connectivity index (χ2v) is 5.34. The smallest absolute Gasteiger partial charge is 0.221 e. The lowest BCUT2D eigenvalue weighted by Gasteiger charge is -2.20. The predicted octanol–water partition coefficient (Wildman–Crippen LogP) is 1.30. The Morgan fingerprint density at radius 2 is 2.17 bits per heavy atom. The predicted molar refractivity (Wildman–Crippen MR) is 72.1 cm³/mol. The van der Waals surface area contributed by atoms with Crippen molar-refractivity contribution in [3.63, 3.8) is 0 Å². The SMILES string of the molecule is CCNC(=O)CCn1ccnc1CNC(C)(C)C. The van der Waals surface area contributed by atoms with Crippen molar-refractivity contribution in [2.75, 3.05) is 6.54 Å². The molecule has 0 aliphatic carbocycles. The van der Waals surface area contributed by atoms with Crippen LogP contribution in [0.2, 0.25) is 0 Å². The monoisotopic (exact) mass is 252 g/mol. The minimum Gasteiger partial charge on any atom is -0.356 e. The number of hydrogen-bond donors (Lipinski definition) is 2. The van der Waals surface area contributed by atoms with Crippen molar-refractivity contribution >= 4 is 5.91 Å². The van der Waals surface area contributed by atoms with Gasteiger partial charge >= 0.3 is 0 Å². The molecule has 0 spiro atoms. The number of nitrogens with zero attached hydrogens (tertiary/aromatic N) is 2. The average Bonchev–Trinajstić information content (AvgIpc) is 2.70. The van der Waals surface area contributed by atoms with E-state index in [1.807, 2.05) is 17.7 Å². The molecule has 0 aromatic carbocycles. The van der Waals surface area contributed by atoms with E-state index in [0.717, 1.165) is 5.82 Å². The highest BCUT2D eigenvalue weighted by Gasteiger charge is 2.11. The lowest BCUT2D eigenvalue weighted by molar-refractivity contribution is -0.121. The van der Waals surface area contributed by atoms with Gasteiger partial charge in [0.2, 0.25) is 5.91 Å². The van der Waals surface area contributed by atoms with Crippen LogP contribution in [0.3, 0.4) is 0 Å². The van der Waals surface area contributed by atoms with Crippen molar-refractivity contribution in [1.82, 2.24) is 20.2 Å². The number of carbonyl (C=O) groups excluding carboxylic acids is 1. The molecule has 5 heteroatoms. The summed E-state index contributed by atoms with van der Waals surface area (Å²) in [5.41, 5.74) is 0.0658. The Morgan fingerprint density at radius 1 is 1.44 bits per heavy atom. The lowest BCUT2D eigenvalue weighted by Crippen LogP contribution is -2.36. The summed E-state index contributed by atoms with van der Waals surface area (Å²) in [6.45, 7) is 10.4. The molecule has 0 bridgehead atoms. The number of carbonyl (C=O) groups is 1. The molecule has 0 aliphatic rings. The molecule has 0 fully saturated rings. The zero-order valence-electron chi connectivity index (χ0n) is 11.8. The normalized spacial score (nSPS) is 11.6. The van der Waals surface area contributed by atoms with E-state index in [0.29, 0.717) is 26.1 Å². The first-order valence-corrected chi connectivity index (χ1v) is 6.44. The molecule has 0 saturated heterocycles. The van der Waals surface area contributed by atoms with E-state index in [2.05, 4.69) is 36.4 Å². The highest BCUT2D eigenvalue weighted by Crippen LogP contribution is 2.04. The molecule has 0 atom stereocenters. The Labute approximate surface area is 109 Å². The van der Waals surface area contributed by atoms with E-state index >= 15 is 0 Å². The zero-order chi connectivity index (χ0) is 13.6. The molecule has 0 radical (unpaired) electrons. The quantitative estimate of drug-likeness (QED) is 0.802. The summed E-state index contributed by atoms with van der Waals surface area (Å²) >= 11 is 0. The lowest BCUT2D eigenvalue weighted by atomic mass is 10.1. The third-order valence-corrected chi connectivity index (χ3v) is 2.53. The maximum Gasteiger partial charge on any atom is 0.221 e. The Morgan fingerprint density at radius 3 is 2.78 bits per heavy atom. The number of hydrogen-bond acceptors (Lipinski definition) is 3. The summed E-state index contributed by atoms with van der Waals surface area (Å²) in [6.07, 6.45) is 4.18. The summed E-state index contributed by atoms with van der Waals surface area (Å²) in [4.78, 5) is 15.7. The van der Waals surface area contributed by atoms with Crippen LogP contribution < -0.4 is 10.6 Å². The van der Waals surface area contributed by atoms with Gasteiger partial charge in [-0.3, -0.25) is 4.79 Å². The van der Waals surface area contributed by atoms with E-state index in [9.17, 15) is 4.79 Å². The van der Waals surface area contributed by atoms with Gasteiger partial charge < -0.3 is 15.2 Å². The molecule has 2 N–H and O–H groups in total. The number of aryl methyl sites for hydroxylation is 1. The first-order valence-electron chi connectivity index (χ1n) is 6.44. The molecule has 102 valence electrons. The molecule has 1 aromatic heterocycles. The maximum atomic E-state index is 11.4. The largest absolute Gasteiger partial charge is 0.356 e. The summed E-state index contributed by atoms with van der Waals surface area (Å²) in [5, 5.41) is 6.19. The van der Waals surface area contributed by atoms with Crippen molar-refractivity contribution in [2.24, 2.45) is 0 Å². The van der Waals surface area contributed by atoms with Crippen LogP contribution in [0.5, 0.6) is 0 Å². The summed E-state index contributed by atoms with van der Waals surface area (Å²) in [5.74, 6) is 1.05. The third-order valence-electron chi connectivity index (χ3n) is 2.53. The van der Waals surface area contributed by atoms with Crippen LogP contribution in [0.1, 0.15) is 39.9 Å². The fourth-order valence-corrected chi connectivity index (χ4v) is 1.56. The van der Waals surface area contributed by atoms with Gasteiger partial charge in [-0.15, -0.1) is 0 Å². The molecule has 0 aliphatic heterocycles. The second-order valence-electron chi connectivity index (χ2n) is 5.34. The first kappa shape index (κ1) is 14.7. The third kappa shape index (κ3) is 5.31. The van der Waals surface area contributed by atoms with E-state index in [1.54, 1.807) is 6.20 Å². The van der Waals surface area contributed by atoms with Gasteiger partial charge in [0.25, 0.3) is 0 Å². The number of amides is 1. The molecule has 1 amide bonds. The first-order chi connectivity index (χ1) is 8.42. The van der Waals surface area contributed by atoms with Crippen molar-refractivity contribution in [2.45, 2.75) is 52.7 Å². The van der Waals surface area contributed by atoms with Crippen LogP contribution in [0.25, 0.3) is 0 Å². The van der Waals surface area contributed by atoms with Crippen LogP contribution in [-0.2, 0) is 17.9 Å². The average molecular weight is 252 g/mol. The molecule has 0 saturated carbocycles. The molecule has 5 nitrogen and oxygen atoms in total. The molecule has 1 rings (SSSR count). The van der Waals surface area contributed by atoms with E-state index in [-0.39, 0.29) is 11.4 Å². The molecular weight excluding hydrogens is 228 g/mol. The van der Waals surface area contributed by atoms with Crippen molar-refractivity contribution in [1.29, 1.82) is 0 Å². The highest BCUT2D eigenvalue weighted by molar-refractivity contribution is 5.75. The van der Waals surface area contributed by atoms with E-state index in [4.69, 9.17) is 0 Å². The van der Waals surface area contributed by atoms with Gasteiger partial charge in [0.05, 0.1) is 6.54 Å². The molecule has 18 heavy (non-hydrogen) atoms. The summed E-state index contributed by atoms with van der Waals surface area (Å²) in [7, 11) is 0. The Balaban J connectivity index is 2.47. The Bertz CT molecular complexity index is 379. The van der Waals surface area contributed by atoms with Crippen LogP contribution >= 0.6 is 0 Å². The van der Waals surface area contributed by atoms with Crippen molar-refractivity contribution in [3.05, 3.63) is 18.2 Å². The minimum absolute atomic E-state index is 0.0658. The van der Waals surface area contributed by atoms with Crippen LogP contribution in [0, 0.1) is 0 Å². The molecule has 0 unspecified atom stereocenters. The van der Waals surface area contributed by atoms with Crippen molar-refractivity contribution < 1.29 is 4.79 Å². The topological polar surface area (TPSA) is 59.0 Å². The van der Waals surface area contributed by atoms with Crippen molar-refractivity contribution in [3.8, 4) is 0 Å². The molecule has 1 aromatic rings. The number of rotatable bonds is 6. The van der Waals surface area contributed by atoms with E-state index < -0.39 is 0 Å². The van der Waals surface area contributed by atoms with Gasteiger partial charge in [-0.2, -0.15) is 0 Å². The standard InChI is InChI=1S/C13H24N4O/c1-5-14-12(18)6-8-17-9-7-15-11(17)10-16-13(2,3)4/h7,9,16H,5-6,8,10H2,1-4H3,(H,14,18). The van der Waals surface area contributed by atoms with Gasteiger partial charge in [-0.05, 0) is 27.7 Å². The summed E-state index contributed by atoms with van der Waals surface area (Å²) in [6, 6.07) is 0. The fraction of sp³-hybridized carbons (Fsp3) is 0.692. The van der Waals surface area contributed by atoms with Crippen LogP contribution in [-0.4, -0.2) is 27.5 Å². The zero-order valence-corrected chi connectivity index (χ0v) is 11.8. The van der Waals surface area contributed by atoms with Crippen LogP contribution in [0.4, 0.5) is 0 Å². The minimum atomic E-state index is 0.0658. The number of imidazole rings is 1. The van der Waals surface area contributed by atoms with Gasteiger partial charge in [0, 0.05) is 37.4 Å². The number of aromatic nitrogens is 2. The maximum absolute atomic E-state index is 11.4. The second kappa shape index (κ2) is 6.54. The van der Waals surface area contributed by atoms with Gasteiger partial charge in [0.1, 0.15) is 5.82 Å². The number of nitrogens with one attached hydrogen (secondary N) is 2. The van der Waals surface area contributed by atoms with Gasteiger partial charge in [0.15, 0.2) is 0 Å². The highest BCUT2D eigenvalue weighted by atomic mass is 16.1. The molecule has 1 heterocycles. The van der Waals surface area contributed by atoms with Gasteiger partial charge in [-0.25, -0.2) is 4.98 Å². The van der Waals surface area contributed by atoms with E-state index in [1.165, 1.54) is 0 Å². The summed E-state index contributed by atoms with van der Waals surface area (Å²) < 4.78 is 2.02. The Kier molecular flexibility index (Phi) is 5.34. The Hall–Kier alpha value is -1.36. The molecular formula is C13H24N4O. The van der Waals surface area contributed by atoms with Crippen LogP contribution in [0.15, 0.2) is 12.4 Å². The fourth-order valence-electron chi connectivity index (χ4n) is 1.56. The van der Waals surface area contributed by atoms with Gasteiger partial charge in [-0.1, -0.05) is 0 Å².